The molecule has 19 nitrogen and oxygen atoms in total. The van der Waals surface area contributed by atoms with Crippen LogP contribution in [0.1, 0.15) is 250 Å². The van der Waals surface area contributed by atoms with Gasteiger partial charge in [-0.05, 0) is 227 Å². The maximum Gasteiger partial charge on any atom is 0.336 e. The second-order valence-corrected chi connectivity index (χ2v) is 28.3. The molecule has 3 amide bonds. The second-order valence-electron chi connectivity index (χ2n) is 27.8. The van der Waals surface area contributed by atoms with Crippen LogP contribution >= 0.6 is 11.6 Å². The highest BCUT2D eigenvalue weighted by molar-refractivity contribution is 6.31. The zero-order valence-electron chi connectivity index (χ0n) is 66.4. The number of aryl methyl sites for hydroxylation is 9. The molecule has 0 aliphatic heterocycles. The van der Waals surface area contributed by atoms with Gasteiger partial charge in [0.15, 0.2) is 11.6 Å². The molecule has 0 heterocycles. The monoisotopic (exact) mass is 1580 g/mol. The summed E-state index contributed by atoms with van der Waals surface area (Å²) in [5.74, 6) is -7.18. The maximum atomic E-state index is 12.5. The Balaban J connectivity index is 0.000000224. The Hall–Kier alpha value is -12.5. The van der Waals surface area contributed by atoms with Crippen LogP contribution in [0, 0.1) is 27.7 Å². The predicted octanol–water partition coefficient (Wildman–Crippen LogP) is 20.7. The molecule has 9 N–H and O–H groups in total. The fourth-order valence-electron chi connectivity index (χ4n) is 12.2. The van der Waals surface area contributed by atoms with E-state index in [9.17, 15) is 68.4 Å². The second kappa shape index (κ2) is 47.2. The van der Waals surface area contributed by atoms with E-state index < -0.39 is 47.6 Å². The van der Waals surface area contributed by atoms with Crippen LogP contribution in [-0.2, 0) is 44.9 Å². The molecule has 0 aliphatic rings. The lowest BCUT2D eigenvalue weighted by atomic mass is 9.95. The van der Waals surface area contributed by atoms with Crippen molar-refractivity contribution in [2.45, 2.75) is 158 Å². The summed E-state index contributed by atoms with van der Waals surface area (Å²) in [7, 11) is 0. The number of rotatable bonds is 32. The van der Waals surface area contributed by atoms with Gasteiger partial charge in [0.1, 0.15) is 0 Å². The Labute approximate surface area is 677 Å². The lowest BCUT2D eigenvalue weighted by Gasteiger charge is -2.11. The molecular weight excluding hydrogens is 1470 g/mol. The van der Waals surface area contributed by atoms with E-state index in [1.54, 1.807) is 81.4 Å². The van der Waals surface area contributed by atoms with Gasteiger partial charge in [0, 0.05) is 52.7 Å². The van der Waals surface area contributed by atoms with E-state index >= 15 is 0 Å². The van der Waals surface area contributed by atoms with E-state index in [0.717, 1.165) is 111 Å². The van der Waals surface area contributed by atoms with Crippen LogP contribution in [0.5, 0.6) is 0 Å². The van der Waals surface area contributed by atoms with Gasteiger partial charge in [-0.1, -0.05) is 203 Å². The number of unbranched alkanes of at least 4 members (excludes halogenated alkanes) is 4. The lowest BCUT2D eigenvalue weighted by molar-refractivity contribution is 0.0682. The Bertz CT molecular complexity index is 4750. The molecule has 0 aromatic heterocycles. The SMILES string of the molecule is CCCCc1ccc(CC(=O)c2cc(C)ccc2C(=O)O)cc1.CCCCc1ccc(CC(=O)c2cccc(C)c2C(=O)O)cc1.CCCCc1ccc(NC(=O)c2c(C)cccc2C(=O)O)cc1.CCCCc1ccc(NC(=O)c2cc(Cl)ccc2C(=O)O)cc1.Cc1ccc(C(=O)Nc2ccc(CCCO)cc2)c(C(=O)O)c1. The summed E-state index contributed by atoms with van der Waals surface area (Å²) in [6.07, 6.45) is 15.2. The molecule has 10 aromatic rings. The molecule has 0 radical (unpaired) electrons. The Morgan fingerprint density at radius 1 is 0.296 bits per heavy atom. The van der Waals surface area contributed by atoms with Crippen molar-refractivity contribution < 1.29 is 78.6 Å². The number of benzene rings is 10. The molecule has 20 heteroatoms. The molecule has 115 heavy (non-hydrogen) atoms. The molecule has 0 aliphatic carbocycles. The van der Waals surface area contributed by atoms with Gasteiger partial charge in [0.25, 0.3) is 17.7 Å². The number of anilines is 3. The summed E-state index contributed by atoms with van der Waals surface area (Å²) in [5, 5.41) is 63.5. The van der Waals surface area contributed by atoms with Crippen molar-refractivity contribution in [3.63, 3.8) is 0 Å². The summed E-state index contributed by atoms with van der Waals surface area (Å²) in [5.41, 5.74) is 13.7. The van der Waals surface area contributed by atoms with Gasteiger partial charge < -0.3 is 46.6 Å². The molecule has 0 saturated carbocycles. The van der Waals surface area contributed by atoms with Gasteiger partial charge in [0.05, 0.1) is 44.5 Å². The van der Waals surface area contributed by atoms with Gasteiger partial charge in [-0.25, -0.2) is 24.0 Å². The van der Waals surface area contributed by atoms with Crippen molar-refractivity contribution in [2.24, 2.45) is 0 Å². The van der Waals surface area contributed by atoms with E-state index in [0.29, 0.717) is 39.6 Å². The smallest absolute Gasteiger partial charge is 0.336 e. The third kappa shape index (κ3) is 29.5. The van der Waals surface area contributed by atoms with E-state index in [1.807, 2.05) is 116 Å². The third-order valence-corrected chi connectivity index (χ3v) is 18.9. The van der Waals surface area contributed by atoms with Gasteiger partial charge >= 0.3 is 29.8 Å². The molecule has 0 unspecified atom stereocenters. The summed E-state index contributed by atoms with van der Waals surface area (Å²) < 4.78 is 0. The summed E-state index contributed by atoms with van der Waals surface area (Å²) >= 11 is 5.86. The topological polar surface area (TPSA) is 328 Å². The fourth-order valence-corrected chi connectivity index (χ4v) is 12.4. The van der Waals surface area contributed by atoms with E-state index in [1.165, 1.54) is 64.7 Å². The summed E-state index contributed by atoms with van der Waals surface area (Å²) in [4.78, 5) is 118. The number of aliphatic hydroxyl groups is 1. The molecule has 10 aromatic carbocycles. The lowest BCUT2D eigenvalue weighted by Crippen LogP contribution is -2.18. The average Bonchev–Trinajstić information content (AvgIpc) is 0.751. The van der Waals surface area contributed by atoms with Crippen molar-refractivity contribution in [3.8, 4) is 0 Å². The number of nitrogens with one attached hydrogen (secondary N) is 3. The van der Waals surface area contributed by atoms with E-state index in [-0.39, 0.29) is 86.6 Å². The Morgan fingerprint density at radius 3 is 1.01 bits per heavy atom. The van der Waals surface area contributed by atoms with Crippen LogP contribution in [0.15, 0.2) is 212 Å². The van der Waals surface area contributed by atoms with E-state index in [4.69, 9.17) is 21.8 Å². The zero-order valence-corrected chi connectivity index (χ0v) is 67.1. The molecule has 600 valence electrons. The number of halogens is 1. The van der Waals surface area contributed by atoms with Crippen molar-refractivity contribution in [1.29, 1.82) is 0 Å². The highest BCUT2D eigenvalue weighted by Gasteiger charge is 2.23. The quantitative estimate of drug-likeness (QED) is 0.0177. The van der Waals surface area contributed by atoms with Crippen LogP contribution in [0.25, 0.3) is 0 Å². The first-order valence-electron chi connectivity index (χ1n) is 38.5. The minimum atomic E-state index is -1.17. The fraction of sp³-hybridized carbons (Fsp3) is 0.263. The minimum absolute atomic E-state index is 0.0120. The molecule has 0 saturated heterocycles. The van der Waals surface area contributed by atoms with Crippen molar-refractivity contribution in [2.75, 3.05) is 22.6 Å². The first-order chi connectivity index (χ1) is 55.1. The standard InChI is InChI=1S/2C20H22O3.C19H21NO3.C18H18ClNO3.C18H19NO4/c1-3-4-7-15-9-11-16(12-10-15)13-18(21)17-8-5-6-14(2)19(17)20(22)23;1-3-4-5-15-7-9-16(10-8-15)13-19(21)18-12-14(2)6-11-17(18)20(22)23;1-3-4-7-14-9-11-15(12-10-14)20-18(21)17-13(2)6-5-8-16(17)19(22)23;1-2-3-4-12-5-8-14(9-6-12)20-17(21)16-11-13(19)7-10-15(16)18(22)23;1-12-4-9-15(16(11-12)18(22)23)17(21)19-14-7-5-13(6-8-14)3-2-10-20/h5-6,8-12H,3-4,7,13H2,1-2H3,(H,22,23);6-12H,3-5,13H2,1-2H3,(H,22,23);5-6,8-12H,3-4,7H2,1-2H3,(H,20,21)(H,22,23);5-11H,2-4H2,1H3,(H,20,21)(H,22,23);4-9,11,20H,2-3,10H2,1H3,(H,19,21)(H,22,23). The van der Waals surface area contributed by atoms with Gasteiger partial charge in [-0.3, -0.25) is 24.0 Å². The van der Waals surface area contributed by atoms with Crippen LogP contribution in [0.4, 0.5) is 17.1 Å². The van der Waals surface area contributed by atoms with Crippen molar-refractivity contribution >= 4 is 87.8 Å². The highest BCUT2D eigenvalue weighted by atomic mass is 35.5. The number of ketones is 2. The number of Topliss-reactive ketones (excluding diaryl/α,β-unsaturated/α-hetero) is 2. The summed E-state index contributed by atoms with van der Waals surface area (Å²) in [6, 6.07) is 62.1. The molecule has 10 rings (SSSR count). The first kappa shape index (κ1) is 91.4. The van der Waals surface area contributed by atoms with E-state index in [2.05, 4.69) is 43.6 Å². The number of carbonyl (C=O) groups is 10. The third-order valence-electron chi connectivity index (χ3n) is 18.6. The first-order valence-corrected chi connectivity index (χ1v) is 38.9. The maximum absolute atomic E-state index is 12.5. The molecular formula is C95H102ClN3O16. The van der Waals surface area contributed by atoms with Crippen LogP contribution in [-0.4, -0.2) is 96.4 Å². The number of carbonyl (C=O) groups excluding carboxylic acids is 5. The zero-order chi connectivity index (χ0) is 84.1. The minimum Gasteiger partial charge on any atom is -0.478 e. The van der Waals surface area contributed by atoms with Gasteiger partial charge in [0.2, 0.25) is 0 Å². The highest BCUT2D eigenvalue weighted by Crippen LogP contribution is 2.25. The van der Waals surface area contributed by atoms with Crippen molar-refractivity contribution in [3.05, 3.63) is 334 Å². The number of carboxylic acid groups (broad SMARTS) is 5. The molecule has 0 fully saturated rings. The number of hydrogen-bond acceptors (Lipinski definition) is 11. The van der Waals surface area contributed by atoms with Crippen molar-refractivity contribution in [1.82, 2.24) is 0 Å². The largest absolute Gasteiger partial charge is 0.478 e. The number of hydrogen-bond donors (Lipinski definition) is 9. The Morgan fingerprint density at radius 2 is 0.617 bits per heavy atom. The molecule has 0 atom stereocenters. The van der Waals surface area contributed by atoms with Crippen LogP contribution in [0.2, 0.25) is 5.02 Å². The van der Waals surface area contributed by atoms with Crippen LogP contribution in [0.3, 0.4) is 0 Å². The predicted molar refractivity (Wildman–Crippen MR) is 453 cm³/mol. The average molecular weight is 1580 g/mol. The normalized spacial score (nSPS) is 10.4. The Kier molecular flexibility index (Phi) is 37.5. The molecule has 0 spiro atoms. The summed E-state index contributed by atoms with van der Waals surface area (Å²) in [6.45, 7) is 15.8. The number of aromatic carboxylic acids is 5. The number of aliphatic hydroxyl groups excluding tert-OH is 1. The molecule has 0 bridgehead atoms. The number of carboxylic acids is 5. The van der Waals surface area contributed by atoms with Gasteiger partial charge in [-0.15, -0.1) is 0 Å². The number of amides is 3. The van der Waals surface area contributed by atoms with Gasteiger partial charge in [-0.2, -0.15) is 0 Å². The van der Waals surface area contributed by atoms with Crippen LogP contribution < -0.4 is 16.0 Å².